The summed E-state index contributed by atoms with van der Waals surface area (Å²) < 4.78 is 35.7. The Morgan fingerprint density at radius 3 is 2.46 bits per heavy atom. The van der Waals surface area contributed by atoms with Crippen LogP contribution in [-0.4, -0.2) is 42.4 Å². The van der Waals surface area contributed by atoms with Gasteiger partial charge in [-0.05, 0) is 61.7 Å². The van der Waals surface area contributed by atoms with Crippen LogP contribution in [0.3, 0.4) is 0 Å². The highest BCUT2D eigenvalue weighted by Gasteiger charge is 2.39. The zero-order valence-electron chi connectivity index (χ0n) is 19.3. The van der Waals surface area contributed by atoms with Gasteiger partial charge in [0, 0.05) is 43.0 Å². The number of carbonyl (C=O) groups excluding carboxylic acids is 1. The van der Waals surface area contributed by atoms with Crippen LogP contribution < -0.4 is 15.6 Å². The van der Waals surface area contributed by atoms with Gasteiger partial charge in [-0.25, -0.2) is 8.42 Å². The maximum Gasteiger partial charge on any atom is 0.265 e. The first-order chi connectivity index (χ1) is 16.8. The number of sulfonamides is 1. The number of fused-ring (bicyclic) bond motifs is 4. The van der Waals surface area contributed by atoms with Crippen LogP contribution in [0.2, 0.25) is 0 Å². The summed E-state index contributed by atoms with van der Waals surface area (Å²) in [5.74, 6) is 0.356. The molecule has 1 N–H and O–H groups in total. The van der Waals surface area contributed by atoms with Gasteiger partial charge in [0.2, 0.25) is 10.0 Å². The summed E-state index contributed by atoms with van der Waals surface area (Å²) >= 11 is 0. The van der Waals surface area contributed by atoms with Crippen molar-refractivity contribution < 1.29 is 17.9 Å². The maximum absolute atomic E-state index is 13.4. The van der Waals surface area contributed by atoms with Gasteiger partial charge in [-0.1, -0.05) is 24.3 Å². The lowest BCUT2D eigenvalue weighted by molar-refractivity contribution is -0.122. The lowest BCUT2D eigenvalue weighted by Gasteiger charge is -2.42. The molecule has 2 aliphatic rings. The van der Waals surface area contributed by atoms with Crippen LogP contribution in [0.4, 0.5) is 5.69 Å². The van der Waals surface area contributed by atoms with Crippen molar-refractivity contribution >= 4 is 21.6 Å². The van der Waals surface area contributed by atoms with E-state index in [4.69, 9.17) is 4.74 Å². The molecule has 3 atom stereocenters. The normalized spacial score (nSPS) is 20.5. The maximum atomic E-state index is 13.4. The van der Waals surface area contributed by atoms with Crippen molar-refractivity contribution in [2.45, 2.75) is 36.8 Å². The number of carbonyl (C=O) groups is 1. The number of nitrogens with zero attached hydrogens (tertiary/aromatic N) is 2. The molecule has 0 spiro atoms. The molecule has 0 aliphatic carbocycles. The molecule has 2 bridgehead atoms. The number of hydrogen-bond donors (Lipinski definition) is 1. The molecule has 3 aromatic rings. The van der Waals surface area contributed by atoms with Gasteiger partial charge in [0.1, 0.15) is 5.75 Å². The van der Waals surface area contributed by atoms with Gasteiger partial charge < -0.3 is 14.6 Å². The molecule has 1 fully saturated rings. The van der Waals surface area contributed by atoms with Crippen molar-refractivity contribution in [2.75, 3.05) is 18.4 Å². The fourth-order valence-corrected chi connectivity index (χ4v) is 6.47. The van der Waals surface area contributed by atoms with E-state index in [1.165, 1.54) is 16.4 Å². The fraction of sp³-hybridized carbons (Fsp3) is 0.308. The minimum atomic E-state index is -3.71. The third-order valence-electron chi connectivity index (χ3n) is 6.63. The minimum Gasteiger partial charge on any atom is -0.481 e. The highest BCUT2D eigenvalue weighted by atomic mass is 32.2. The molecule has 0 radical (unpaired) electrons. The third-order valence-corrected chi connectivity index (χ3v) is 8.48. The van der Waals surface area contributed by atoms with E-state index in [9.17, 15) is 18.0 Å². The van der Waals surface area contributed by atoms with Gasteiger partial charge in [-0.15, -0.1) is 0 Å². The molecule has 1 saturated heterocycles. The van der Waals surface area contributed by atoms with Crippen LogP contribution in [0.1, 0.15) is 25.0 Å². The molecule has 9 heteroatoms. The van der Waals surface area contributed by atoms with Gasteiger partial charge in [-0.2, -0.15) is 4.31 Å². The Hall–Kier alpha value is -3.43. The Kier molecular flexibility index (Phi) is 6.21. The van der Waals surface area contributed by atoms with Crippen LogP contribution in [0.25, 0.3) is 0 Å². The summed E-state index contributed by atoms with van der Waals surface area (Å²) in [6.45, 7) is 2.91. The van der Waals surface area contributed by atoms with E-state index in [-0.39, 0.29) is 28.2 Å². The quantitative estimate of drug-likeness (QED) is 0.569. The highest BCUT2D eigenvalue weighted by molar-refractivity contribution is 7.89. The second kappa shape index (κ2) is 9.31. The van der Waals surface area contributed by atoms with E-state index in [2.05, 4.69) is 5.32 Å². The van der Waals surface area contributed by atoms with Gasteiger partial charge >= 0.3 is 0 Å². The summed E-state index contributed by atoms with van der Waals surface area (Å²) in [6, 6.07) is 20.5. The van der Waals surface area contributed by atoms with Gasteiger partial charge in [-0.3, -0.25) is 9.59 Å². The molecule has 35 heavy (non-hydrogen) atoms. The van der Waals surface area contributed by atoms with Crippen LogP contribution in [0.15, 0.2) is 82.5 Å². The monoisotopic (exact) mass is 493 g/mol. The van der Waals surface area contributed by atoms with E-state index in [0.717, 1.165) is 12.1 Å². The van der Waals surface area contributed by atoms with Crippen LogP contribution in [-0.2, 0) is 21.4 Å². The second-order valence-electron chi connectivity index (χ2n) is 9.11. The zero-order valence-corrected chi connectivity index (χ0v) is 20.1. The van der Waals surface area contributed by atoms with Crippen molar-refractivity contribution in [1.82, 2.24) is 8.87 Å². The minimum absolute atomic E-state index is 0.00385. The number of nitrogens with one attached hydrogen (secondary N) is 1. The molecule has 1 aromatic heterocycles. The van der Waals surface area contributed by atoms with E-state index in [0.29, 0.717) is 31.1 Å². The number of amides is 1. The number of hydrogen-bond acceptors (Lipinski definition) is 5. The number of benzene rings is 2. The van der Waals surface area contributed by atoms with Crippen LogP contribution >= 0.6 is 0 Å². The third kappa shape index (κ3) is 4.74. The Morgan fingerprint density at radius 2 is 1.71 bits per heavy atom. The second-order valence-corrected chi connectivity index (χ2v) is 11.0. The van der Waals surface area contributed by atoms with Gasteiger partial charge in [0.25, 0.3) is 11.5 Å². The number of para-hydroxylation sites is 1. The predicted molar refractivity (Wildman–Crippen MR) is 132 cm³/mol. The Morgan fingerprint density at radius 1 is 0.971 bits per heavy atom. The molecule has 5 rings (SSSR count). The molecule has 8 nitrogen and oxygen atoms in total. The average molecular weight is 494 g/mol. The summed E-state index contributed by atoms with van der Waals surface area (Å²) in [4.78, 5) is 24.9. The Labute approximate surface area is 204 Å². The molecule has 3 unspecified atom stereocenters. The lowest BCUT2D eigenvalue weighted by Crippen LogP contribution is -2.48. The number of anilines is 1. The first kappa shape index (κ1) is 23.3. The van der Waals surface area contributed by atoms with Crippen molar-refractivity contribution in [3.05, 3.63) is 88.8 Å². The summed E-state index contributed by atoms with van der Waals surface area (Å²) in [5.41, 5.74) is 1.36. The molecule has 3 heterocycles. The summed E-state index contributed by atoms with van der Waals surface area (Å²) in [7, 11) is -3.71. The van der Waals surface area contributed by atoms with E-state index in [1.807, 2.05) is 24.3 Å². The van der Waals surface area contributed by atoms with Crippen molar-refractivity contribution in [3.8, 4) is 5.75 Å². The lowest BCUT2D eigenvalue weighted by atomic mass is 9.84. The SMILES string of the molecule is CC(Oc1ccccc1)C(=O)Nc1ccc(S(=O)(=O)N2CC3CC(C2)c2cccc(=O)n2C3)cc1. The topological polar surface area (TPSA) is 97.7 Å². The predicted octanol–water partition coefficient (Wildman–Crippen LogP) is 3.06. The number of rotatable bonds is 6. The molecular weight excluding hydrogens is 466 g/mol. The largest absolute Gasteiger partial charge is 0.481 e. The van der Waals surface area contributed by atoms with Crippen molar-refractivity contribution in [1.29, 1.82) is 0 Å². The molecular formula is C26H27N3O5S. The van der Waals surface area contributed by atoms with E-state index in [1.54, 1.807) is 47.9 Å². The average Bonchev–Trinajstić information content (AvgIpc) is 2.85. The standard InChI is InChI=1S/C26H27N3O5S/c1-18(34-22-6-3-2-4-7-22)26(31)27-21-10-12-23(13-11-21)35(32,33)28-15-19-14-20(17-28)24-8-5-9-25(30)29(24)16-19/h2-13,18-20H,14-17H2,1H3,(H,27,31). The summed E-state index contributed by atoms with van der Waals surface area (Å²) in [6.07, 6.45) is 0.160. The van der Waals surface area contributed by atoms with Gasteiger partial charge in [0.15, 0.2) is 6.10 Å². The summed E-state index contributed by atoms with van der Waals surface area (Å²) in [5, 5.41) is 2.76. The van der Waals surface area contributed by atoms with Gasteiger partial charge in [0.05, 0.1) is 4.90 Å². The first-order valence-electron chi connectivity index (χ1n) is 11.6. The highest BCUT2D eigenvalue weighted by Crippen LogP contribution is 2.37. The number of piperidine rings is 1. The first-order valence-corrected chi connectivity index (χ1v) is 13.1. The molecule has 2 aliphatic heterocycles. The fourth-order valence-electron chi connectivity index (χ4n) is 4.91. The van der Waals surface area contributed by atoms with Crippen molar-refractivity contribution in [2.24, 2.45) is 5.92 Å². The van der Waals surface area contributed by atoms with Crippen molar-refractivity contribution in [3.63, 3.8) is 0 Å². The Bertz CT molecular complexity index is 1390. The number of aromatic nitrogens is 1. The smallest absolute Gasteiger partial charge is 0.265 e. The van der Waals surface area contributed by atoms with E-state index >= 15 is 0 Å². The molecule has 1 amide bonds. The molecule has 0 saturated carbocycles. The molecule has 2 aromatic carbocycles. The Balaban J connectivity index is 1.27. The number of pyridine rings is 1. The zero-order chi connectivity index (χ0) is 24.6. The number of ether oxygens (including phenoxy) is 1. The van der Waals surface area contributed by atoms with E-state index < -0.39 is 16.1 Å². The van der Waals surface area contributed by atoms with Crippen LogP contribution in [0, 0.1) is 5.92 Å². The molecule has 182 valence electrons. The van der Waals surface area contributed by atoms with Crippen LogP contribution in [0.5, 0.6) is 5.75 Å².